The number of aldehydes is 2. The molecule has 1 saturated carbocycles. The summed E-state index contributed by atoms with van der Waals surface area (Å²) in [5, 5.41) is 0. The van der Waals surface area contributed by atoms with Crippen molar-refractivity contribution in [3.8, 4) is 0 Å². The Labute approximate surface area is 181 Å². The van der Waals surface area contributed by atoms with Crippen LogP contribution in [0.2, 0.25) is 0 Å². The van der Waals surface area contributed by atoms with Crippen molar-refractivity contribution in [1.29, 1.82) is 0 Å². The monoisotopic (exact) mass is 404 g/mol. The Kier molecular flexibility index (Phi) is 12.7. The zero-order valence-electron chi connectivity index (χ0n) is 19.8. The summed E-state index contributed by atoms with van der Waals surface area (Å²) in [5.41, 5.74) is 0.397. The molecule has 5 atom stereocenters. The van der Waals surface area contributed by atoms with Gasteiger partial charge in [-0.1, -0.05) is 59.5 Å². The maximum Gasteiger partial charge on any atom is 0.119 e. The zero-order chi connectivity index (χ0) is 21.7. The molecule has 0 radical (unpaired) electrons. The van der Waals surface area contributed by atoms with E-state index in [2.05, 4.69) is 40.3 Å². The predicted molar refractivity (Wildman–Crippen MR) is 125 cm³/mol. The molecule has 0 aromatic carbocycles. The highest BCUT2D eigenvalue weighted by Crippen LogP contribution is 2.57. The van der Waals surface area contributed by atoms with E-state index in [1.807, 2.05) is 0 Å². The lowest BCUT2D eigenvalue weighted by Crippen LogP contribution is -2.36. The summed E-state index contributed by atoms with van der Waals surface area (Å²) in [5.74, 6) is 3.79. The summed E-state index contributed by atoms with van der Waals surface area (Å²) in [7, 11) is 0. The molecule has 2 heteroatoms. The van der Waals surface area contributed by atoms with Crippen LogP contribution < -0.4 is 0 Å². The van der Waals surface area contributed by atoms with Crippen LogP contribution in [0.3, 0.4) is 0 Å². The lowest BCUT2D eigenvalue weighted by Gasteiger charge is -2.43. The first-order valence-electron chi connectivity index (χ1n) is 12.4. The highest BCUT2D eigenvalue weighted by molar-refractivity contribution is 5.49. The van der Waals surface area contributed by atoms with E-state index in [1.165, 1.54) is 51.4 Å². The van der Waals surface area contributed by atoms with Crippen LogP contribution in [0.15, 0.2) is 12.7 Å². The van der Waals surface area contributed by atoms with Gasteiger partial charge in [0.15, 0.2) is 0 Å². The largest absolute Gasteiger partial charge is 0.303 e. The second-order valence-electron chi connectivity index (χ2n) is 10.4. The quantitative estimate of drug-likeness (QED) is 0.141. The number of unbranched alkanes of at least 4 members (excludes halogenated alkanes) is 5. The molecule has 0 spiro atoms. The fourth-order valence-corrected chi connectivity index (χ4v) is 6.44. The van der Waals surface area contributed by atoms with E-state index in [0.29, 0.717) is 18.3 Å². The van der Waals surface area contributed by atoms with Crippen molar-refractivity contribution in [2.24, 2.45) is 35.0 Å². The van der Waals surface area contributed by atoms with Gasteiger partial charge in [-0.15, -0.1) is 6.58 Å². The number of hydrogen-bond acceptors (Lipinski definition) is 2. The van der Waals surface area contributed by atoms with Crippen LogP contribution in [-0.2, 0) is 9.59 Å². The highest BCUT2D eigenvalue weighted by atomic mass is 16.1. The number of carbonyl (C=O) groups is 2. The van der Waals surface area contributed by atoms with E-state index in [0.717, 1.165) is 61.4 Å². The van der Waals surface area contributed by atoms with Crippen LogP contribution in [0.4, 0.5) is 0 Å². The molecule has 2 nitrogen and oxygen atoms in total. The van der Waals surface area contributed by atoms with E-state index in [9.17, 15) is 9.59 Å². The molecule has 0 heterocycles. The highest BCUT2D eigenvalue weighted by Gasteiger charge is 2.49. The molecule has 1 aliphatic rings. The fraction of sp³-hybridized carbons (Fsp3) is 0.852. The maximum atomic E-state index is 10.7. The Balaban J connectivity index is 2.77. The fourth-order valence-electron chi connectivity index (χ4n) is 6.44. The molecule has 168 valence electrons. The van der Waals surface area contributed by atoms with Gasteiger partial charge in [-0.3, -0.25) is 0 Å². The van der Waals surface area contributed by atoms with Crippen LogP contribution in [0, 0.1) is 35.0 Å². The zero-order valence-corrected chi connectivity index (χ0v) is 19.8. The Hall–Kier alpha value is -0.920. The molecule has 1 fully saturated rings. The first-order valence-corrected chi connectivity index (χ1v) is 12.4. The lowest BCUT2D eigenvalue weighted by molar-refractivity contribution is -0.108. The normalized spacial score (nSPS) is 26.4. The molecule has 1 rings (SSSR count). The smallest absolute Gasteiger partial charge is 0.119 e. The SMILES string of the molecule is C=CCC(CC(C)CCCCCC=O)C1CCC(C(C)C)C1(C)CCCCC=O. The van der Waals surface area contributed by atoms with Gasteiger partial charge < -0.3 is 9.59 Å². The summed E-state index contributed by atoms with van der Waals surface area (Å²) in [6.07, 6.45) is 19.1. The number of rotatable bonds is 17. The van der Waals surface area contributed by atoms with E-state index in [1.54, 1.807) is 0 Å². The van der Waals surface area contributed by atoms with Crippen LogP contribution in [-0.4, -0.2) is 12.6 Å². The van der Waals surface area contributed by atoms with Gasteiger partial charge in [0, 0.05) is 12.8 Å². The third-order valence-corrected chi connectivity index (χ3v) is 7.84. The molecule has 0 aromatic rings. The molecule has 0 saturated heterocycles. The molecule has 0 aromatic heterocycles. The first kappa shape index (κ1) is 26.1. The van der Waals surface area contributed by atoms with Crippen molar-refractivity contribution < 1.29 is 9.59 Å². The first-order chi connectivity index (χ1) is 13.9. The van der Waals surface area contributed by atoms with Crippen molar-refractivity contribution >= 4 is 12.6 Å². The molecule has 5 unspecified atom stereocenters. The van der Waals surface area contributed by atoms with E-state index in [-0.39, 0.29) is 0 Å². The van der Waals surface area contributed by atoms with Gasteiger partial charge in [0.1, 0.15) is 12.6 Å². The van der Waals surface area contributed by atoms with Crippen molar-refractivity contribution in [3.05, 3.63) is 12.7 Å². The minimum Gasteiger partial charge on any atom is -0.303 e. The number of carbonyl (C=O) groups excluding carboxylic acids is 2. The third-order valence-electron chi connectivity index (χ3n) is 7.84. The third kappa shape index (κ3) is 8.38. The lowest BCUT2D eigenvalue weighted by atomic mass is 9.62. The molecule has 29 heavy (non-hydrogen) atoms. The second-order valence-corrected chi connectivity index (χ2v) is 10.4. The Morgan fingerprint density at radius 2 is 1.55 bits per heavy atom. The van der Waals surface area contributed by atoms with Crippen molar-refractivity contribution in [3.63, 3.8) is 0 Å². The van der Waals surface area contributed by atoms with E-state index < -0.39 is 0 Å². The molecule has 0 N–H and O–H groups in total. The van der Waals surface area contributed by atoms with Crippen molar-refractivity contribution in [2.75, 3.05) is 0 Å². The Morgan fingerprint density at radius 3 is 2.14 bits per heavy atom. The molecule has 1 aliphatic carbocycles. The molecule has 0 aliphatic heterocycles. The summed E-state index contributed by atoms with van der Waals surface area (Å²) in [4.78, 5) is 21.2. The number of hydrogen-bond donors (Lipinski definition) is 0. The summed E-state index contributed by atoms with van der Waals surface area (Å²) in [6, 6.07) is 0. The average Bonchev–Trinajstić information content (AvgIpc) is 3.02. The summed E-state index contributed by atoms with van der Waals surface area (Å²) in [6.45, 7) is 13.9. The molecular formula is C27H48O2. The van der Waals surface area contributed by atoms with Gasteiger partial charge >= 0.3 is 0 Å². The maximum absolute atomic E-state index is 10.7. The van der Waals surface area contributed by atoms with Crippen molar-refractivity contribution in [2.45, 2.75) is 111 Å². The summed E-state index contributed by atoms with van der Waals surface area (Å²) < 4.78 is 0. The van der Waals surface area contributed by atoms with Crippen LogP contribution in [0.5, 0.6) is 0 Å². The molecule has 0 amide bonds. The second kappa shape index (κ2) is 14.1. The summed E-state index contributed by atoms with van der Waals surface area (Å²) >= 11 is 0. The average molecular weight is 405 g/mol. The van der Waals surface area contributed by atoms with Gasteiger partial charge in [0.2, 0.25) is 0 Å². The Bertz CT molecular complexity index is 469. The van der Waals surface area contributed by atoms with Gasteiger partial charge in [0.25, 0.3) is 0 Å². The van der Waals surface area contributed by atoms with E-state index >= 15 is 0 Å². The minimum atomic E-state index is 0.397. The van der Waals surface area contributed by atoms with Gasteiger partial charge in [0.05, 0.1) is 0 Å². The number of allylic oxidation sites excluding steroid dienone is 1. The molecular weight excluding hydrogens is 356 g/mol. The van der Waals surface area contributed by atoms with Crippen LogP contribution in [0.1, 0.15) is 111 Å². The van der Waals surface area contributed by atoms with Crippen LogP contribution in [0.25, 0.3) is 0 Å². The van der Waals surface area contributed by atoms with Gasteiger partial charge in [-0.05, 0) is 80.0 Å². The van der Waals surface area contributed by atoms with Crippen molar-refractivity contribution in [1.82, 2.24) is 0 Å². The standard InChI is InChI=1S/C27H48O2/c1-6-14-24(21-23(4)15-10-7-8-12-19-28)26-17-16-25(22(2)3)27(26,5)18-11-9-13-20-29/h6,19-20,22-26H,1,7-18,21H2,2-5H3. The van der Waals surface area contributed by atoms with E-state index in [4.69, 9.17) is 0 Å². The van der Waals surface area contributed by atoms with Gasteiger partial charge in [-0.2, -0.15) is 0 Å². The Morgan fingerprint density at radius 1 is 0.931 bits per heavy atom. The predicted octanol–water partition coefficient (Wildman–Crippen LogP) is 7.80. The minimum absolute atomic E-state index is 0.397. The van der Waals surface area contributed by atoms with Gasteiger partial charge in [-0.25, -0.2) is 0 Å². The topological polar surface area (TPSA) is 34.1 Å². The van der Waals surface area contributed by atoms with Crippen LogP contribution >= 0.6 is 0 Å². The molecule has 0 bridgehead atoms.